The number of aliphatic hydroxyl groups is 1. The van der Waals surface area contributed by atoms with Crippen LogP contribution in [0.5, 0.6) is 0 Å². The molecule has 1 saturated heterocycles. The van der Waals surface area contributed by atoms with E-state index in [0.717, 1.165) is 37.8 Å². The Morgan fingerprint density at radius 1 is 1.26 bits per heavy atom. The maximum absolute atomic E-state index is 12.8. The standard InChI is InChI=1S/C18H23Cl2NO2/c1-11-8-15(22)4-5-17(11)21-7-6-13(18(21)23)9-12-2-3-14(19)10-16(12)20/h2-3,10-11,13,15,17,22H,4-9H2,1H3. The highest BCUT2D eigenvalue weighted by molar-refractivity contribution is 6.35. The van der Waals surface area contributed by atoms with Crippen LogP contribution in [-0.4, -0.2) is 34.6 Å². The van der Waals surface area contributed by atoms with Gasteiger partial charge in [-0.3, -0.25) is 4.79 Å². The Morgan fingerprint density at radius 3 is 2.74 bits per heavy atom. The average Bonchev–Trinajstić information content (AvgIpc) is 2.83. The largest absolute Gasteiger partial charge is 0.393 e. The van der Waals surface area contributed by atoms with Crippen molar-refractivity contribution in [2.24, 2.45) is 11.8 Å². The SMILES string of the molecule is CC1CC(O)CCC1N1CCC(Cc2ccc(Cl)cc2Cl)C1=O. The van der Waals surface area contributed by atoms with Gasteiger partial charge in [-0.1, -0.05) is 36.2 Å². The van der Waals surface area contributed by atoms with E-state index in [4.69, 9.17) is 23.2 Å². The smallest absolute Gasteiger partial charge is 0.226 e. The second-order valence-corrected chi connectivity index (χ2v) is 7.81. The molecule has 5 heteroatoms. The first kappa shape index (κ1) is 17.1. The number of hydrogen-bond acceptors (Lipinski definition) is 2. The van der Waals surface area contributed by atoms with Gasteiger partial charge in [0.25, 0.3) is 0 Å². The molecule has 0 bridgehead atoms. The van der Waals surface area contributed by atoms with E-state index < -0.39 is 0 Å². The summed E-state index contributed by atoms with van der Waals surface area (Å²) in [6, 6.07) is 5.75. The Bertz CT molecular complexity index is 592. The van der Waals surface area contributed by atoms with Crippen LogP contribution in [0.3, 0.4) is 0 Å². The lowest BCUT2D eigenvalue weighted by Crippen LogP contribution is -2.45. The summed E-state index contributed by atoms with van der Waals surface area (Å²) in [5.74, 6) is 0.609. The lowest BCUT2D eigenvalue weighted by atomic mass is 9.83. The molecule has 1 heterocycles. The maximum atomic E-state index is 12.8. The molecular formula is C18H23Cl2NO2. The molecular weight excluding hydrogens is 333 g/mol. The van der Waals surface area contributed by atoms with Gasteiger partial charge in [-0.25, -0.2) is 0 Å². The molecule has 1 amide bonds. The van der Waals surface area contributed by atoms with Crippen molar-refractivity contribution in [2.45, 2.75) is 51.2 Å². The summed E-state index contributed by atoms with van der Waals surface area (Å²) >= 11 is 12.2. The molecule has 1 N–H and O–H groups in total. The molecule has 3 rings (SSSR count). The van der Waals surface area contributed by atoms with Gasteiger partial charge in [0.2, 0.25) is 5.91 Å². The van der Waals surface area contributed by atoms with Crippen LogP contribution in [0, 0.1) is 11.8 Å². The third-order valence-corrected chi connectivity index (χ3v) is 5.92. The van der Waals surface area contributed by atoms with Crippen molar-refractivity contribution in [2.75, 3.05) is 6.54 Å². The zero-order valence-electron chi connectivity index (χ0n) is 13.3. The summed E-state index contributed by atoms with van der Waals surface area (Å²) in [4.78, 5) is 14.9. The number of carbonyl (C=O) groups excluding carboxylic acids is 1. The molecule has 1 aliphatic carbocycles. The van der Waals surface area contributed by atoms with Crippen molar-refractivity contribution in [1.82, 2.24) is 4.90 Å². The monoisotopic (exact) mass is 355 g/mol. The maximum Gasteiger partial charge on any atom is 0.226 e. The highest BCUT2D eigenvalue weighted by Gasteiger charge is 2.39. The second-order valence-electron chi connectivity index (χ2n) is 6.97. The third kappa shape index (κ3) is 3.67. The summed E-state index contributed by atoms with van der Waals surface area (Å²) in [5.41, 5.74) is 0.989. The summed E-state index contributed by atoms with van der Waals surface area (Å²) in [5, 5.41) is 11.0. The van der Waals surface area contributed by atoms with Crippen LogP contribution in [0.15, 0.2) is 18.2 Å². The summed E-state index contributed by atoms with van der Waals surface area (Å²) in [6.45, 7) is 2.96. The van der Waals surface area contributed by atoms with Gasteiger partial charge in [0.05, 0.1) is 6.10 Å². The fourth-order valence-corrected chi connectivity index (χ4v) is 4.53. The molecule has 1 saturated carbocycles. The second kappa shape index (κ2) is 7.00. The molecule has 1 aromatic rings. The van der Waals surface area contributed by atoms with Gasteiger partial charge in [0.15, 0.2) is 0 Å². The van der Waals surface area contributed by atoms with E-state index in [1.807, 2.05) is 17.0 Å². The first-order valence-corrected chi connectivity index (χ1v) is 9.13. The number of carbonyl (C=O) groups is 1. The van der Waals surface area contributed by atoms with Crippen LogP contribution in [0.1, 0.15) is 38.2 Å². The zero-order chi connectivity index (χ0) is 16.6. The Labute approximate surface area is 147 Å². The van der Waals surface area contributed by atoms with Crippen molar-refractivity contribution >= 4 is 29.1 Å². The van der Waals surface area contributed by atoms with Crippen molar-refractivity contribution in [1.29, 1.82) is 0 Å². The highest BCUT2D eigenvalue weighted by Crippen LogP contribution is 2.34. The highest BCUT2D eigenvalue weighted by atomic mass is 35.5. The van der Waals surface area contributed by atoms with Crippen LogP contribution in [0.4, 0.5) is 0 Å². The number of rotatable bonds is 3. The normalized spacial score (nSPS) is 31.7. The van der Waals surface area contributed by atoms with E-state index in [0.29, 0.717) is 22.4 Å². The first-order valence-electron chi connectivity index (χ1n) is 8.38. The summed E-state index contributed by atoms with van der Waals surface area (Å²) < 4.78 is 0. The summed E-state index contributed by atoms with van der Waals surface area (Å²) in [7, 11) is 0. The Kier molecular flexibility index (Phi) is 5.19. The van der Waals surface area contributed by atoms with Crippen LogP contribution in [0.2, 0.25) is 10.0 Å². The molecule has 2 fully saturated rings. The minimum atomic E-state index is -0.206. The summed E-state index contributed by atoms with van der Waals surface area (Å²) in [6.07, 6.45) is 3.85. The molecule has 23 heavy (non-hydrogen) atoms. The Hall–Kier alpha value is -0.770. The van der Waals surface area contributed by atoms with E-state index in [1.165, 1.54) is 0 Å². The lowest BCUT2D eigenvalue weighted by Gasteiger charge is -2.38. The number of aliphatic hydroxyl groups excluding tert-OH is 1. The van der Waals surface area contributed by atoms with E-state index in [9.17, 15) is 9.90 Å². The number of benzene rings is 1. The Balaban J connectivity index is 1.67. The van der Waals surface area contributed by atoms with Crippen molar-refractivity contribution in [3.05, 3.63) is 33.8 Å². The molecule has 1 aromatic carbocycles. The van der Waals surface area contributed by atoms with Gasteiger partial charge in [0, 0.05) is 28.5 Å². The molecule has 3 nitrogen and oxygen atoms in total. The zero-order valence-corrected chi connectivity index (χ0v) is 14.9. The van der Waals surface area contributed by atoms with Gasteiger partial charge in [0.1, 0.15) is 0 Å². The van der Waals surface area contributed by atoms with Crippen molar-refractivity contribution in [3.63, 3.8) is 0 Å². The fourth-order valence-electron chi connectivity index (χ4n) is 4.05. The van der Waals surface area contributed by atoms with Gasteiger partial charge in [-0.05, 0) is 55.7 Å². The predicted molar refractivity (Wildman–Crippen MR) is 92.8 cm³/mol. The van der Waals surface area contributed by atoms with Crippen LogP contribution >= 0.6 is 23.2 Å². The van der Waals surface area contributed by atoms with E-state index in [2.05, 4.69) is 6.92 Å². The lowest BCUT2D eigenvalue weighted by molar-refractivity contribution is -0.135. The predicted octanol–water partition coefficient (Wildman–Crippen LogP) is 3.93. The van der Waals surface area contributed by atoms with E-state index >= 15 is 0 Å². The minimum Gasteiger partial charge on any atom is -0.393 e. The molecule has 126 valence electrons. The van der Waals surface area contributed by atoms with E-state index in [1.54, 1.807) is 6.07 Å². The van der Waals surface area contributed by atoms with Crippen LogP contribution in [-0.2, 0) is 11.2 Å². The molecule has 1 aliphatic heterocycles. The Morgan fingerprint density at radius 2 is 2.04 bits per heavy atom. The van der Waals surface area contributed by atoms with Crippen molar-refractivity contribution < 1.29 is 9.90 Å². The average molecular weight is 356 g/mol. The molecule has 0 spiro atoms. The van der Waals surface area contributed by atoms with Crippen LogP contribution < -0.4 is 0 Å². The van der Waals surface area contributed by atoms with Gasteiger partial charge in [-0.15, -0.1) is 0 Å². The number of amides is 1. The van der Waals surface area contributed by atoms with Crippen molar-refractivity contribution in [3.8, 4) is 0 Å². The molecule has 4 atom stereocenters. The number of hydrogen-bond donors (Lipinski definition) is 1. The first-order chi connectivity index (χ1) is 11.0. The third-order valence-electron chi connectivity index (χ3n) is 5.33. The molecule has 4 unspecified atom stereocenters. The molecule has 2 aliphatic rings. The van der Waals surface area contributed by atoms with Gasteiger partial charge >= 0.3 is 0 Å². The molecule has 0 radical (unpaired) electrons. The van der Waals surface area contributed by atoms with Crippen LogP contribution in [0.25, 0.3) is 0 Å². The quantitative estimate of drug-likeness (QED) is 0.891. The van der Waals surface area contributed by atoms with Gasteiger partial charge < -0.3 is 10.0 Å². The minimum absolute atomic E-state index is 0.00715. The topological polar surface area (TPSA) is 40.5 Å². The fraction of sp³-hybridized carbons (Fsp3) is 0.611. The number of halogens is 2. The number of nitrogens with zero attached hydrogens (tertiary/aromatic N) is 1. The van der Waals surface area contributed by atoms with Gasteiger partial charge in [-0.2, -0.15) is 0 Å². The van der Waals surface area contributed by atoms with E-state index in [-0.39, 0.29) is 24.0 Å². The molecule has 0 aromatic heterocycles. The number of likely N-dealkylation sites (tertiary alicyclic amines) is 1.